The molecule has 7 heteroatoms. The molecule has 0 spiro atoms. The van der Waals surface area contributed by atoms with E-state index in [0.717, 1.165) is 0 Å². The molecule has 1 saturated heterocycles. The minimum Gasteiger partial charge on any atom is -0.462 e. The summed E-state index contributed by atoms with van der Waals surface area (Å²) >= 11 is 0. The predicted octanol–water partition coefficient (Wildman–Crippen LogP) is 0.613. The number of hydrogen-bond acceptors (Lipinski definition) is 5. The van der Waals surface area contributed by atoms with E-state index in [0.29, 0.717) is 5.56 Å². The summed E-state index contributed by atoms with van der Waals surface area (Å²) in [5.41, 5.74) is 0.321. The Hall–Kier alpha value is -2.96. The first-order valence-electron chi connectivity index (χ1n) is 6.17. The Morgan fingerprint density at radius 3 is 2.38 bits per heavy atom. The van der Waals surface area contributed by atoms with Crippen LogP contribution in [0.15, 0.2) is 29.8 Å². The Morgan fingerprint density at radius 2 is 1.76 bits per heavy atom. The zero-order chi connectivity index (χ0) is 15.4. The van der Waals surface area contributed by atoms with Crippen LogP contribution in [0.3, 0.4) is 0 Å². The highest BCUT2D eigenvalue weighted by atomic mass is 16.5. The van der Waals surface area contributed by atoms with Crippen molar-refractivity contribution in [2.45, 2.75) is 6.92 Å². The molecule has 1 fully saturated rings. The van der Waals surface area contributed by atoms with Gasteiger partial charge in [-0.05, 0) is 24.6 Å². The average Bonchev–Trinajstić information content (AvgIpc) is 2.43. The van der Waals surface area contributed by atoms with Gasteiger partial charge in [0.05, 0.1) is 12.2 Å². The minimum absolute atomic E-state index is 0.208. The molecule has 1 aliphatic heterocycles. The van der Waals surface area contributed by atoms with Crippen LogP contribution in [0.5, 0.6) is 0 Å². The van der Waals surface area contributed by atoms with Gasteiger partial charge in [0.15, 0.2) is 0 Å². The standard InChI is InChI=1S/C14H12N2O5/c1-2-21-13(19)9-6-4-3-5-8(9)7-10-11(17)15-14(20)16-12(10)18/h3-7H,2H2,1H3,(H2,15,16,17,18,20). The molecule has 0 atom stereocenters. The van der Waals surface area contributed by atoms with E-state index >= 15 is 0 Å². The van der Waals surface area contributed by atoms with Crippen molar-refractivity contribution in [3.8, 4) is 0 Å². The largest absolute Gasteiger partial charge is 0.462 e. The highest BCUT2D eigenvalue weighted by molar-refractivity contribution is 6.31. The number of amides is 4. The van der Waals surface area contributed by atoms with E-state index in [1.807, 2.05) is 10.6 Å². The first-order chi connectivity index (χ1) is 10.0. The highest BCUT2D eigenvalue weighted by Crippen LogP contribution is 2.16. The number of esters is 1. The quantitative estimate of drug-likeness (QED) is 0.482. The van der Waals surface area contributed by atoms with Gasteiger partial charge >= 0.3 is 12.0 Å². The molecule has 0 aliphatic carbocycles. The molecule has 108 valence electrons. The van der Waals surface area contributed by atoms with Crippen molar-refractivity contribution in [2.24, 2.45) is 0 Å². The molecule has 0 saturated carbocycles. The van der Waals surface area contributed by atoms with Crippen LogP contribution < -0.4 is 10.6 Å². The second-order valence-electron chi connectivity index (χ2n) is 4.10. The molecule has 0 aromatic heterocycles. The number of hydrogen-bond donors (Lipinski definition) is 2. The van der Waals surface area contributed by atoms with Gasteiger partial charge in [-0.2, -0.15) is 0 Å². The van der Waals surface area contributed by atoms with Gasteiger partial charge < -0.3 is 4.74 Å². The number of carbonyl (C=O) groups is 4. The van der Waals surface area contributed by atoms with Crippen molar-refractivity contribution in [1.82, 2.24) is 10.6 Å². The van der Waals surface area contributed by atoms with Crippen molar-refractivity contribution in [3.63, 3.8) is 0 Å². The van der Waals surface area contributed by atoms with E-state index in [4.69, 9.17) is 4.74 Å². The zero-order valence-corrected chi connectivity index (χ0v) is 11.1. The number of barbiturate groups is 1. The van der Waals surface area contributed by atoms with Crippen LogP contribution in [0.4, 0.5) is 4.79 Å². The highest BCUT2D eigenvalue weighted by Gasteiger charge is 2.28. The van der Waals surface area contributed by atoms with Crippen molar-refractivity contribution in [3.05, 3.63) is 41.0 Å². The van der Waals surface area contributed by atoms with Gasteiger partial charge in [0.1, 0.15) is 5.57 Å². The Balaban J connectivity index is 2.41. The summed E-state index contributed by atoms with van der Waals surface area (Å²) in [6.45, 7) is 1.88. The molecule has 1 aromatic rings. The summed E-state index contributed by atoms with van der Waals surface area (Å²) < 4.78 is 4.91. The second-order valence-corrected chi connectivity index (χ2v) is 4.10. The third kappa shape index (κ3) is 3.14. The van der Waals surface area contributed by atoms with Crippen molar-refractivity contribution < 1.29 is 23.9 Å². The molecule has 1 heterocycles. The second kappa shape index (κ2) is 6.00. The third-order valence-corrected chi connectivity index (χ3v) is 2.70. The van der Waals surface area contributed by atoms with E-state index < -0.39 is 23.8 Å². The molecule has 7 nitrogen and oxygen atoms in total. The normalized spacial score (nSPS) is 14.3. The zero-order valence-electron chi connectivity index (χ0n) is 11.1. The van der Waals surface area contributed by atoms with Crippen LogP contribution in [0.25, 0.3) is 6.08 Å². The van der Waals surface area contributed by atoms with Gasteiger partial charge in [-0.15, -0.1) is 0 Å². The van der Waals surface area contributed by atoms with Gasteiger partial charge in [-0.3, -0.25) is 20.2 Å². The molecular formula is C14H12N2O5. The maximum Gasteiger partial charge on any atom is 0.338 e. The van der Waals surface area contributed by atoms with Crippen LogP contribution in [0, 0.1) is 0 Å². The molecule has 1 aromatic carbocycles. The van der Waals surface area contributed by atoms with E-state index in [9.17, 15) is 19.2 Å². The summed E-state index contributed by atoms with van der Waals surface area (Å²) in [5.74, 6) is -2.19. The van der Waals surface area contributed by atoms with Crippen LogP contribution in [-0.4, -0.2) is 30.4 Å². The number of ether oxygens (including phenoxy) is 1. The van der Waals surface area contributed by atoms with Crippen LogP contribution in [0.2, 0.25) is 0 Å². The van der Waals surface area contributed by atoms with Crippen molar-refractivity contribution in [1.29, 1.82) is 0 Å². The van der Waals surface area contributed by atoms with Gasteiger partial charge in [0, 0.05) is 0 Å². The maximum atomic E-state index is 11.8. The van der Waals surface area contributed by atoms with Crippen molar-refractivity contribution >= 4 is 29.9 Å². The Kier molecular flexibility index (Phi) is 4.13. The Labute approximate surface area is 120 Å². The van der Waals surface area contributed by atoms with Crippen LogP contribution >= 0.6 is 0 Å². The van der Waals surface area contributed by atoms with Gasteiger partial charge in [0.25, 0.3) is 11.8 Å². The number of rotatable bonds is 3. The molecule has 2 N–H and O–H groups in total. The lowest BCUT2D eigenvalue weighted by atomic mass is 10.0. The fraction of sp³-hybridized carbons (Fsp3) is 0.143. The molecule has 0 bridgehead atoms. The lowest BCUT2D eigenvalue weighted by Crippen LogP contribution is -2.51. The number of imide groups is 2. The lowest BCUT2D eigenvalue weighted by Gasteiger charge is -2.14. The van der Waals surface area contributed by atoms with E-state index in [-0.39, 0.29) is 17.7 Å². The lowest BCUT2D eigenvalue weighted by molar-refractivity contribution is -0.123. The average molecular weight is 288 g/mol. The maximum absolute atomic E-state index is 11.8. The Morgan fingerprint density at radius 1 is 1.14 bits per heavy atom. The van der Waals surface area contributed by atoms with Crippen molar-refractivity contribution in [2.75, 3.05) is 6.61 Å². The third-order valence-electron chi connectivity index (χ3n) is 2.70. The molecule has 0 radical (unpaired) electrons. The molecule has 2 rings (SSSR count). The fourth-order valence-electron chi connectivity index (χ4n) is 1.78. The topological polar surface area (TPSA) is 102 Å². The van der Waals surface area contributed by atoms with Crippen LogP contribution in [0.1, 0.15) is 22.8 Å². The number of urea groups is 1. The summed E-state index contributed by atoms with van der Waals surface area (Å²) in [7, 11) is 0. The summed E-state index contributed by atoms with van der Waals surface area (Å²) in [4.78, 5) is 46.1. The number of benzene rings is 1. The molecule has 1 aliphatic rings. The molecule has 0 unspecified atom stereocenters. The van der Waals surface area contributed by atoms with Gasteiger partial charge in [-0.25, -0.2) is 9.59 Å². The first-order valence-corrected chi connectivity index (χ1v) is 6.17. The SMILES string of the molecule is CCOC(=O)c1ccccc1C=C1C(=O)NC(=O)NC1=O. The van der Waals surface area contributed by atoms with E-state index in [1.165, 1.54) is 12.1 Å². The predicted molar refractivity (Wildman–Crippen MR) is 72.1 cm³/mol. The molecule has 4 amide bonds. The fourth-order valence-corrected chi connectivity index (χ4v) is 1.78. The summed E-state index contributed by atoms with van der Waals surface area (Å²) in [5, 5.41) is 3.92. The Bertz CT molecular complexity index is 641. The number of carbonyl (C=O) groups excluding carboxylic acids is 4. The minimum atomic E-state index is -0.874. The van der Waals surface area contributed by atoms with E-state index in [2.05, 4.69) is 0 Å². The monoisotopic (exact) mass is 288 g/mol. The molecular weight excluding hydrogens is 276 g/mol. The van der Waals surface area contributed by atoms with Crippen LogP contribution in [-0.2, 0) is 14.3 Å². The van der Waals surface area contributed by atoms with E-state index in [1.54, 1.807) is 25.1 Å². The first kappa shape index (κ1) is 14.4. The number of nitrogens with one attached hydrogen (secondary N) is 2. The smallest absolute Gasteiger partial charge is 0.338 e. The van der Waals surface area contributed by atoms with Gasteiger partial charge in [-0.1, -0.05) is 18.2 Å². The van der Waals surface area contributed by atoms with Gasteiger partial charge in [0.2, 0.25) is 0 Å². The summed E-state index contributed by atoms with van der Waals surface area (Å²) in [6.07, 6.45) is 1.24. The summed E-state index contributed by atoms with van der Waals surface area (Å²) in [6, 6.07) is 5.50. The molecule has 21 heavy (non-hydrogen) atoms.